The van der Waals surface area contributed by atoms with Crippen molar-refractivity contribution in [2.24, 2.45) is 12.8 Å². The number of amides is 1. The number of nitrogens with zero attached hydrogens (tertiary/aromatic N) is 2. The number of carbonyl (C=O) groups excluding carboxylic acids is 1. The van der Waals surface area contributed by atoms with Crippen molar-refractivity contribution in [3.8, 4) is 0 Å². The molecule has 1 aromatic rings. The average molecular weight is 262 g/mol. The van der Waals surface area contributed by atoms with Crippen molar-refractivity contribution in [2.45, 2.75) is 5.92 Å². The number of aryl methyl sites for hydroxylation is 1. The zero-order valence-corrected chi connectivity index (χ0v) is 9.52. The largest absolute Gasteiger partial charge is 0.345 e. The van der Waals surface area contributed by atoms with Crippen molar-refractivity contribution in [3.63, 3.8) is 0 Å². The van der Waals surface area contributed by atoms with Crippen molar-refractivity contribution in [3.05, 3.63) is 28.1 Å². The first kappa shape index (κ1) is 14.0. The minimum atomic E-state index is -3.20. The van der Waals surface area contributed by atoms with E-state index in [1.54, 1.807) is 0 Å². The molecule has 0 radical (unpaired) electrons. The Bertz CT molecular complexity index is 472. The first-order chi connectivity index (χ1) is 8.26. The number of rotatable bonds is 5. The summed E-state index contributed by atoms with van der Waals surface area (Å²) in [4.78, 5) is 21.3. The van der Waals surface area contributed by atoms with Gasteiger partial charge in [-0.1, -0.05) is 0 Å². The molecule has 0 fully saturated rings. The zero-order valence-electron chi connectivity index (χ0n) is 9.52. The smallest absolute Gasteiger partial charge is 0.287 e. The molecule has 1 heterocycles. The van der Waals surface area contributed by atoms with Crippen LogP contribution in [0, 0.1) is 10.1 Å². The normalized spacial score (nSPS) is 11.3. The monoisotopic (exact) mass is 262 g/mol. The highest BCUT2D eigenvalue weighted by atomic mass is 19.3. The molecule has 0 saturated heterocycles. The summed E-state index contributed by atoms with van der Waals surface area (Å²) in [6.45, 7) is -1.80. The van der Waals surface area contributed by atoms with Gasteiger partial charge in [-0.05, 0) is 0 Å². The van der Waals surface area contributed by atoms with Gasteiger partial charge in [-0.3, -0.25) is 14.9 Å². The molecule has 0 bridgehead atoms. The lowest BCUT2D eigenvalue weighted by atomic mass is 10.3. The quantitative estimate of drug-likeness (QED) is 0.586. The molecular formula is C9H12F2N4O3. The Balaban J connectivity index is 2.76. The molecule has 0 aromatic carbocycles. The third-order valence-corrected chi connectivity index (χ3v) is 2.24. The van der Waals surface area contributed by atoms with Crippen LogP contribution in [0.1, 0.15) is 10.5 Å². The lowest BCUT2D eigenvalue weighted by molar-refractivity contribution is -0.384. The molecule has 18 heavy (non-hydrogen) atoms. The number of aromatic nitrogens is 1. The molecule has 100 valence electrons. The van der Waals surface area contributed by atoms with Crippen LogP contribution in [0.15, 0.2) is 12.3 Å². The molecule has 7 nitrogen and oxygen atoms in total. The molecule has 0 aliphatic rings. The van der Waals surface area contributed by atoms with Gasteiger partial charge in [-0.2, -0.15) is 0 Å². The Labute approximate surface area is 101 Å². The number of halogens is 2. The van der Waals surface area contributed by atoms with E-state index in [1.807, 2.05) is 5.32 Å². The maximum absolute atomic E-state index is 12.8. The van der Waals surface area contributed by atoms with Crippen LogP contribution in [0.2, 0.25) is 0 Å². The van der Waals surface area contributed by atoms with Gasteiger partial charge in [0.2, 0.25) is 0 Å². The van der Waals surface area contributed by atoms with Crippen LogP contribution in [0.3, 0.4) is 0 Å². The molecule has 0 unspecified atom stereocenters. The highest BCUT2D eigenvalue weighted by molar-refractivity contribution is 5.93. The summed E-state index contributed by atoms with van der Waals surface area (Å²) in [6, 6.07) is 1.01. The Morgan fingerprint density at radius 2 is 2.28 bits per heavy atom. The SMILES string of the molecule is Cn1cc([N+](=O)[O-])cc1C(=O)NCC(F)(F)CN. The number of carbonyl (C=O) groups is 1. The molecule has 1 aromatic heterocycles. The second-order valence-electron chi connectivity index (χ2n) is 3.69. The minimum Gasteiger partial charge on any atom is -0.345 e. The Hall–Kier alpha value is -2.03. The minimum absolute atomic E-state index is 0.0745. The molecule has 0 atom stereocenters. The van der Waals surface area contributed by atoms with E-state index in [9.17, 15) is 23.7 Å². The maximum Gasteiger partial charge on any atom is 0.287 e. The van der Waals surface area contributed by atoms with E-state index in [0.717, 1.165) is 12.3 Å². The number of nitro groups is 1. The number of alkyl halides is 2. The maximum atomic E-state index is 12.8. The number of nitrogens with two attached hydrogens (primary N) is 1. The summed E-state index contributed by atoms with van der Waals surface area (Å²) in [5.74, 6) is -4.02. The van der Waals surface area contributed by atoms with Gasteiger partial charge in [0.05, 0.1) is 24.2 Å². The molecule has 0 saturated carbocycles. The van der Waals surface area contributed by atoms with Crippen molar-refractivity contribution in [2.75, 3.05) is 13.1 Å². The first-order valence-corrected chi connectivity index (χ1v) is 4.93. The van der Waals surface area contributed by atoms with Gasteiger partial charge in [0, 0.05) is 13.1 Å². The molecule has 9 heteroatoms. The summed E-state index contributed by atoms with van der Waals surface area (Å²) in [7, 11) is 1.41. The van der Waals surface area contributed by atoms with Gasteiger partial charge in [0.15, 0.2) is 0 Å². The van der Waals surface area contributed by atoms with Crippen molar-refractivity contribution < 1.29 is 18.5 Å². The second-order valence-corrected chi connectivity index (χ2v) is 3.69. The summed E-state index contributed by atoms with van der Waals surface area (Å²) in [5, 5.41) is 12.4. The van der Waals surface area contributed by atoms with E-state index in [1.165, 1.54) is 11.6 Å². The summed E-state index contributed by atoms with van der Waals surface area (Å²) >= 11 is 0. The molecule has 0 aliphatic heterocycles. The Morgan fingerprint density at radius 1 is 1.67 bits per heavy atom. The zero-order chi connectivity index (χ0) is 13.9. The molecule has 0 aliphatic carbocycles. The highest BCUT2D eigenvalue weighted by Gasteiger charge is 2.28. The molecule has 0 spiro atoms. The number of hydrogen-bond donors (Lipinski definition) is 2. The fourth-order valence-corrected chi connectivity index (χ4v) is 1.24. The van der Waals surface area contributed by atoms with Gasteiger partial charge in [-0.25, -0.2) is 8.78 Å². The van der Waals surface area contributed by atoms with Crippen molar-refractivity contribution >= 4 is 11.6 Å². The van der Waals surface area contributed by atoms with E-state index in [4.69, 9.17) is 5.73 Å². The van der Waals surface area contributed by atoms with E-state index in [0.29, 0.717) is 0 Å². The Morgan fingerprint density at radius 3 is 2.72 bits per heavy atom. The van der Waals surface area contributed by atoms with Gasteiger partial charge < -0.3 is 15.6 Å². The Kier molecular flexibility index (Phi) is 3.96. The van der Waals surface area contributed by atoms with Crippen molar-refractivity contribution in [1.82, 2.24) is 9.88 Å². The highest BCUT2D eigenvalue weighted by Crippen LogP contribution is 2.15. The molecular weight excluding hydrogens is 250 g/mol. The van der Waals surface area contributed by atoms with Crippen LogP contribution in [-0.4, -0.2) is 34.4 Å². The van der Waals surface area contributed by atoms with Crippen molar-refractivity contribution in [1.29, 1.82) is 0 Å². The summed E-state index contributed by atoms with van der Waals surface area (Å²) in [6.07, 6.45) is 1.12. The van der Waals surface area contributed by atoms with Crippen LogP contribution < -0.4 is 11.1 Å². The molecule has 3 N–H and O–H groups in total. The van der Waals surface area contributed by atoms with E-state index < -0.39 is 29.8 Å². The lowest BCUT2D eigenvalue weighted by Gasteiger charge is -2.14. The molecule has 1 rings (SSSR count). The average Bonchev–Trinajstić information content (AvgIpc) is 2.69. The fourth-order valence-electron chi connectivity index (χ4n) is 1.24. The summed E-state index contributed by atoms with van der Waals surface area (Å²) in [5.41, 5.74) is 4.45. The fraction of sp³-hybridized carbons (Fsp3) is 0.444. The van der Waals surface area contributed by atoms with E-state index in [-0.39, 0.29) is 11.4 Å². The van der Waals surface area contributed by atoms with E-state index in [2.05, 4.69) is 0 Å². The number of nitrogens with one attached hydrogen (secondary N) is 1. The van der Waals surface area contributed by atoms with Gasteiger partial charge >= 0.3 is 0 Å². The number of hydrogen-bond acceptors (Lipinski definition) is 4. The second kappa shape index (κ2) is 5.08. The standard InChI is InChI=1S/C9H12F2N4O3/c1-14-3-6(15(17)18)2-7(14)8(16)13-5-9(10,11)4-12/h2-3H,4-5,12H2,1H3,(H,13,16). The van der Waals surface area contributed by atoms with Gasteiger partial charge in [-0.15, -0.1) is 0 Å². The first-order valence-electron chi connectivity index (χ1n) is 4.93. The summed E-state index contributed by atoms with van der Waals surface area (Å²) < 4.78 is 26.8. The van der Waals surface area contributed by atoms with Gasteiger partial charge in [0.25, 0.3) is 17.5 Å². The van der Waals surface area contributed by atoms with Crippen LogP contribution in [0.5, 0.6) is 0 Å². The predicted octanol–water partition coefficient (Wildman–Crippen LogP) is 0.257. The van der Waals surface area contributed by atoms with Gasteiger partial charge in [0.1, 0.15) is 5.69 Å². The third-order valence-electron chi connectivity index (χ3n) is 2.24. The topological polar surface area (TPSA) is 103 Å². The van der Waals surface area contributed by atoms with Crippen LogP contribution in [0.4, 0.5) is 14.5 Å². The lowest BCUT2D eigenvalue weighted by Crippen LogP contribution is -2.41. The third kappa shape index (κ3) is 3.23. The van der Waals surface area contributed by atoms with Crippen LogP contribution >= 0.6 is 0 Å². The van der Waals surface area contributed by atoms with Crippen LogP contribution in [0.25, 0.3) is 0 Å². The predicted molar refractivity (Wildman–Crippen MR) is 58.4 cm³/mol. The molecule has 1 amide bonds. The van der Waals surface area contributed by atoms with E-state index >= 15 is 0 Å². The van der Waals surface area contributed by atoms with Crippen LogP contribution in [-0.2, 0) is 7.05 Å².